The molecule has 5 rings (SSSR count). The highest BCUT2D eigenvalue weighted by atomic mass is 16.2. The number of amides is 2. The number of anilines is 2. The van der Waals surface area contributed by atoms with Gasteiger partial charge in [-0.05, 0) is 47.9 Å². The highest BCUT2D eigenvalue weighted by molar-refractivity contribution is 6.05. The molecule has 1 atom stereocenters. The Bertz CT molecular complexity index is 1290. The number of fused-ring (bicyclic) bond motifs is 1. The monoisotopic (exact) mass is 453 g/mol. The molecule has 2 aliphatic heterocycles. The summed E-state index contributed by atoms with van der Waals surface area (Å²) in [5, 5.41) is 13.5. The largest absolute Gasteiger partial charge is 0.312 e. The van der Waals surface area contributed by atoms with Crippen LogP contribution in [0.25, 0.3) is 0 Å². The number of nitriles is 1. The number of aryl methyl sites for hydroxylation is 2. The molecule has 172 valence electrons. The molecule has 0 saturated carbocycles. The average molecular weight is 454 g/mol. The number of hydrogen-bond acceptors (Lipinski definition) is 4. The minimum absolute atomic E-state index is 0.0107. The van der Waals surface area contributed by atoms with Gasteiger partial charge in [-0.3, -0.25) is 14.3 Å². The Labute approximate surface area is 199 Å². The minimum atomic E-state index is -0.403. The SMILES string of the molecule is CC1(C)CN(C(=O)[C@H]2CC(=O)N(c3cccc(C#N)c3)C2)c2ccc(CCn3cccn3)cc21. The highest BCUT2D eigenvalue weighted by Gasteiger charge is 2.43. The lowest BCUT2D eigenvalue weighted by atomic mass is 9.86. The van der Waals surface area contributed by atoms with Crippen molar-refractivity contribution in [1.29, 1.82) is 5.26 Å². The van der Waals surface area contributed by atoms with Gasteiger partial charge < -0.3 is 9.80 Å². The molecule has 2 aliphatic rings. The van der Waals surface area contributed by atoms with Gasteiger partial charge in [0.05, 0.1) is 17.6 Å². The van der Waals surface area contributed by atoms with Gasteiger partial charge in [0.15, 0.2) is 0 Å². The number of nitrogens with zero attached hydrogens (tertiary/aromatic N) is 5. The number of carbonyl (C=O) groups excluding carboxylic acids is 2. The molecule has 0 unspecified atom stereocenters. The topological polar surface area (TPSA) is 82.2 Å². The summed E-state index contributed by atoms with van der Waals surface area (Å²) in [4.78, 5) is 29.8. The first kappa shape index (κ1) is 21.9. The van der Waals surface area contributed by atoms with E-state index >= 15 is 0 Å². The van der Waals surface area contributed by atoms with Gasteiger partial charge in [-0.25, -0.2) is 0 Å². The molecule has 0 N–H and O–H groups in total. The maximum Gasteiger partial charge on any atom is 0.232 e. The molecule has 1 aromatic heterocycles. The van der Waals surface area contributed by atoms with E-state index in [-0.39, 0.29) is 23.7 Å². The smallest absolute Gasteiger partial charge is 0.232 e. The van der Waals surface area contributed by atoms with Crippen LogP contribution in [0.5, 0.6) is 0 Å². The van der Waals surface area contributed by atoms with Crippen LogP contribution in [-0.2, 0) is 28.0 Å². The summed E-state index contributed by atoms with van der Waals surface area (Å²) < 4.78 is 1.92. The Kier molecular flexibility index (Phi) is 5.45. The van der Waals surface area contributed by atoms with E-state index in [0.717, 1.165) is 18.7 Å². The summed E-state index contributed by atoms with van der Waals surface area (Å²) in [6.45, 7) is 6.06. The molecule has 3 heterocycles. The number of hydrogen-bond donors (Lipinski definition) is 0. The maximum absolute atomic E-state index is 13.6. The first-order valence-corrected chi connectivity index (χ1v) is 11.6. The highest BCUT2D eigenvalue weighted by Crippen LogP contribution is 2.42. The molecule has 0 bridgehead atoms. The number of aromatic nitrogens is 2. The summed E-state index contributed by atoms with van der Waals surface area (Å²) in [5.41, 5.74) is 4.32. The zero-order valence-corrected chi connectivity index (χ0v) is 19.4. The summed E-state index contributed by atoms with van der Waals surface area (Å²) in [5.74, 6) is -0.496. The molecular weight excluding hydrogens is 426 g/mol. The molecule has 7 heteroatoms. The lowest BCUT2D eigenvalue weighted by molar-refractivity contribution is -0.124. The maximum atomic E-state index is 13.6. The molecule has 1 saturated heterocycles. The van der Waals surface area contributed by atoms with Gasteiger partial charge in [-0.2, -0.15) is 10.4 Å². The Balaban J connectivity index is 1.34. The van der Waals surface area contributed by atoms with Crippen LogP contribution >= 0.6 is 0 Å². The molecule has 0 radical (unpaired) electrons. The number of carbonyl (C=O) groups is 2. The second-order valence-electron chi connectivity index (χ2n) is 9.75. The van der Waals surface area contributed by atoms with Crippen molar-refractivity contribution >= 4 is 23.2 Å². The first-order valence-electron chi connectivity index (χ1n) is 11.6. The molecule has 3 aromatic rings. The lowest BCUT2D eigenvalue weighted by Gasteiger charge is -2.23. The number of rotatable bonds is 5. The van der Waals surface area contributed by atoms with Crippen LogP contribution in [0.2, 0.25) is 0 Å². The van der Waals surface area contributed by atoms with Gasteiger partial charge in [-0.1, -0.05) is 32.0 Å². The van der Waals surface area contributed by atoms with Crippen molar-refractivity contribution in [2.24, 2.45) is 5.92 Å². The zero-order chi connectivity index (χ0) is 23.9. The number of benzene rings is 2. The van der Waals surface area contributed by atoms with Crippen LogP contribution in [0.1, 0.15) is 37.0 Å². The zero-order valence-electron chi connectivity index (χ0n) is 19.4. The van der Waals surface area contributed by atoms with Crippen LogP contribution in [0.15, 0.2) is 60.9 Å². The van der Waals surface area contributed by atoms with Gasteiger partial charge >= 0.3 is 0 Å². The lowest BCUT2D eigenvalue weighted by Crippen LogP contribution is -2.39. The van der Waals surface area contributed by atoms with Crippen molar-refractivity contribution in [3.05, 3.63) is 77.6 Å². The van der Waals surface area contributed by atoms with E-state index in [1.54, 1.807) is 29.3 Å². The predicted octanol–water partition coefficient (Wildman–Crippen LogP) is 3.67. The normalized spacial score (nSPS) is 18.7. The minimum Gasteiger partial charge on any atom is -0.312 e. The fourth-order valence-corrected chi connectivity index (χ4v) is 5.04. The summed E-state index contributed by atoms with van der Waals surface area (Å²) >= 11 is 0. The van der Waals surface area contributed by atoms with Gasteiger partial charge in [0.2, 0.25) is 11.8 Å². The van der Waals surface area contributed by atoms with Crippen molar-refractivity contribution in [2.45, 2.75) is 38.6 Å². The predicted molar refractivity (Wildman–Crippen MR) is 129 cm³/mol. The van der Waals surface area contributed by atoms with Gasteiger partial charge in [-0.15, -0.1) is 0 Å². The van der Waals surface area contributed by atoms with E-state index in [4.69, 9.17) is 0 Å². The quantitative estimate of drug-likeness (QED) is 0.590. The Morgan fingerprint density at radius 3 is 2.82 bits per heavy atom. The second-order valence-corrected chi connectivity index (χ2v) is 9.75. The van der Waals surface area contributed by atoms with E-state index in [1.165, 1.54) is 11.1 Å². The Morgan fingerprint density at radius 2 is 2.06 bits per heavy atom. The molecule has 0 spiro atoms. The van der Waals surface area contributed by atoms with Crippen LogP contribution in [0.3, 0.4) is 0 Å². The van der Waals surface area contributed by atoms with E-state index in [1.807, 2.05) is 34.0 Å². The fourth-order valence-electron chi connectivity index (χ4n) is 5.04. The second kappa shape index (κ2) is 8.45. The van der Waals surface area contributed by atoms with Gasteiger partial charge in [0.25, 0.3) is 0 Å². The van der Waals surface area contributed by atoms with Crippen LogP contribution in [0, 0.1) is 17.2 Å². The third kappa shape index (κ3) is 3.96. The molecule has 0 aliphatic carbocycles. The molecular formula is C27H27N5O2. The van der Waals surface area contributed by atoms with Crippen molar-refractivity contribution in [2.75, 3.05) is 22.9 Å². The summed E-state index contributed by atoms with van der Waals surface area (Å²) in [6, 6.07) is 17.4. The van der Waals surface area contributed by atoms with Crippen molar-refractivity contribution in [3.63, 3.8) is 0 Å². The van der Waals surface area contributed by atoms with E-state index in [9.17, 15) is 14.9 Å². The third-order valence-corrected chi connectivity index (χ3v) is 6.85. The van der Waals surface area contributed by atoms with Gasteiger partial charge in [0.1, 0.15) is 0 Å². The average Bonchev–Trinajstić information content (AvgIpc) is 3.56. The fraction of sp³-hybridized carbons (Fsp3) is 0.333. The van der Waals surface area contributed by atoms with Crippen molar-refractivity contribution in [3.8, 4) is 6.07 Å². The van der Waals surface area contributed by atoms with E-state index < -0.39 is 5.92 Å². The molecule has 2 amide bonds. The van der Waals surface area contributed by atoms with E-state index in [2.05, 4.69) is 37.1 Å². The first-order chi connectivity index (χ1) is 16.4. The third-order valence-electron chi connectivity index (χ3n) is 6.85. The van der Waals surface area contributed by atoms with Crippen LogP contribution in [0.4, 0.5) is 11.4 Å². The molecule has 34 heavy (non-hydrogen) atoms. The van der Waals surface area contributed by atoms with Crippen LogP contribution < -0.4 is 9.80 Å². The van der Waals surface area contributed by atoms with Crippen molar-refractivity contribution in [1.82, 2.24) is 9.78 Å². The summed E-state index contributed by atoms with van der Waals surface area (Å²) in [6.07, 6.45) is 4.79. The molecule has 1 fully saturated rings. The standard InChI is InChI=1S/C27H27N5O2/c1-27(2)18-32(24-8-7-19(14-23(24)27)9-12-30-11-4-10-29-30)26(34)21-15-25(33)31(17-21)22-6-3-5-20(13-22)16-28/h3-8,10-11,13-14,21H,9,12,15,17-18H2,1-2H3/t21-/m0/s1. The molecule has 7 nitrogen and oxygen atoms in total. The van der Waals surface area contributed by atoms with Crippen LogP contribution in [-0.4, -0.2) is 34.7 Å². The van der Waals surface area contributed by atoms with Crippen molar-refractivity contribution < 1.29 is 9.59 Å². The summed E-state index contributed by atoms with van der Waals surface area (Å²) in [7, 11) is 0. The molecule has 2 aromatic carbocycles. The Morgan fingerprint density at radius 1 is 1.21 bits per heavy atom. The van der Waals surface area contributed by atoms with Gasteiger partial charge in [0, 0.05) is 55.2 Å². The van der Waals surface area contributed by atoms with E-state index in [0.29, 0.717) is 24.3 Å². The Hall–Kier alpha value is -3.92.